The Balaban J connectivity index is 1.44. The van der Waals surface area contributed by atoms with Crippen LogP contribution in [0.5, 0.6) is 11.5 Å². The van der Waals surface area contributed by atoms with Gasteiger partial charge in [-0.05, 0) is 67.5 Å². The minimum atomic E-state index is -0.400. The Hall–Kier alpha value is -3.62. The van der Waals surface area contributed by atoms with Gasteiger partial charge in [0.15, 0.2) is 15.8 Å². The number of ether oxygens (including phenoxy) is 2. The smallest absolute Gasteiger partial charge is 0.285 e. The normalized spacial score (nSPS) is 14.3. The Morgan fingerprint density at radius 3 is 2.50 bits per heavy atom. The molecule has 1 fully saturated rings. The van der Waals surface area contributed by atoms with Gasteiger partial charge in [0.1, 0.15) is 0 Å². The van der Waals surface area contributed by atoms with Crippen molar-refractivity contribution < 1.29 is 19.1 Å². The number of thioether (sulfide) groups is 1. The maximum atomic E-state index is 13.0. The molecule has 3 aromatic rings. The maximum absolute atomic E-state index is 13.0. The van der Waals surface area contributed by atoms with Crippen molar-refractivity contribution in [1.82, 2.24) is 10.4 Å². The summed E-state index contributed by atoms with van der Waals surface area (Å²) in [6, 6.07) is 22.7. The number of hydrazine groups is 1. The van der Waals surface area contributed by atoms with Crippen molar-refractivity contribution in [3.05, 3.63) is 100.0 Å². The molecule has 184 valence electrons. The Labute approximate surface area is 220 Å². The van der Waals surface area contributed by atoms with Gasteiger partial charge in [0.05, 0.1) is 18.1 Å². The van der Waals surface area contributed by atoms with E-state index in [4.69, 9.17) is 21.7 Å². The molecule has 0 saturated carbocycles. The number of nitrogens with one attached hydrogen (secondary N) is 1. The van der Waals surface area contributed by atoms with Crippen LogP contribution in [0.25, 0.3) is 6.08 Å². The van der Waals surface area contributed by atoms with Gasteiger partial charge in [-0.15, -0.1) is 0 Å². The molecule has 0 spiro atoms. The number of thiocarbonyl (C=S) groups is 1. The number of carbonyl (C=O) groups excluding carboxylic acids is 2. The van der Waals surface area contributed by atoms with Crippen molar-refractivity contribution in [3.8, 4) is 11.5 Å². The summed E-state index contributed by atoms with van der Waals surface area (Å²) in [5.41, 5.74) is 6.05. The molecule has 0 radical (unpaired) electrons. The second kappa shape index (κ2) is 11.9. The molecule has 3 aromatic carbocycles. The molecule has 0 atom stereocenters. The SMILES string of the molecule is CCOc1cc(/C=C2\SC(=S)N(NC(=O)c3ccc(C)cc3)C2=O)ccc1OCCc1ccccc1. The predicted octanol–water partition coefficient (Wildman–Crippen LogP) is 5.56. The molecule has 1 heterocycles. The van der Waals surface area contributed by atoms with Gasteiger partial charge in [-0.25, -0.2) is 0 Å². The van der Waals surface area contributed by atoms with E-state index in [-0.39, 0.29) is 10.2 Å². The lowest BCUT2D eigenvalue weighted by molar-refractivity contribution is -0.123. The van der Waals surface area contributed by atoms with Crippen molar-refractivity contribution >= 4 is 46.2 Å². The van der Waals surface area contributed by atoms with E-state index in [1.54, 1.807) is 18.2 Å². The minimum absolute atomic E-state index is 0.262. The first-order valence-corrected chi connectivity index (χ1v) is 12.8. The molecule has 6 nitrogen and oxygen atoms in total. The first-order valence-electron chi connectivity index (χ1n) is 11.5. The van der Waals surface area contributed by atoms with Gasteiger partial charge in [-0.3, -0.25) is 15.0 Å². The molecule has 8 heteroatoms. The minimum Gasteiger partial charge on any atom is -0.490 e. The molecule has 1 aliphatic heterocycles. The summed E-state index contributed by atoms with van der Waals surface area (Å²) in [5, 5.41) is 1.11. The molecule has 1 aliphatic rings. The van der Waals surface area contributed by atoms with E-state index in [2.05, 4.69) is 17.6 Å². The second-order valence-corrected chi connectivity index (χ2v) is 9.72. The summed E-state index contributed by atoms with van der Waals surface area (Å²) < 4.78 is 12.0. The third kappa shape index (κ3) is 6.33. The molecule has 0 unspecified atom stereocenters. The molecule has 36 heavy (non-hydrogen) atoms. The quantitative estimate of drug-likeness (QED) is 0.295. The van der Waals surface area contributed by atoms with Crippen LogP contribution in [-0.2, 0) is 11.2 Å². The Bertz CT molecular complexity index is 1290. The van der Waals surface area contributed by atoms with E-state index < -0.39 is 5.91 Å². The largest absolute Gasteiger partial charge is 0.490 e. The average molecular weight is 519 g/mol. The molecule has 1 N–H and O–H groups in total. The molecule has 4 rings (SSSR count). The number of carbonyl (C=O) groups is 2. The monoisotopic (exact) mass is 518 g/mol. The Morgan fingerprint density at radius 1 is 1.03 bits per heavy atom. The van der Waals surface area contributed by atoms with Crippen molar-refractivity contribution in [3.63, 3.8) is 0 Å². The number of hydrogen-bond acceptors (Lipinski definition) is 6. The summed E-state index contributed by atoms with van der Waals surface area (Å²) >= 11 is 6.48. The lowest BCUT2D eigenvalue weighted by Crippen LogP contribution is -2.44. The number of rotatable bonds is 9. The van der Waals surface area contributed by atoms with Crippen molar-refractivity contribution in [2.24, 2.45) is 0 Å². The molecule has 0 bridgehead atoms. The number of benzene rings is 3. The van der Waals surface area contributed by atoms with Crippen LogP contribution >= 0.6 is 24.0 Å². The van der Waals surface area contributed by atoms with Crippen molar-refractivity contribution in [1.29, 1.82) is 0 Å². The lowest BCUT2D eigenvalue weighted by Gasteiger charge is -2.15. The van der Waals surface area contributed by atoms with Crippen molar-refractivity contribution in [2.45, 2.75) is 20.3 Å². The van der Waals surface area contributed by atoms with Crippen LogP contribution < -0.4 is 14.9 Å². The van der Waals surface area contributed by atoms with Gasteiger partial charge < -0.3 is 9.47 Å². The topological polar surface area (TPSA) is 67.9 Å². The molecule has 1 saturated heterocycles. The van der Waals surface area contributed by atoms with Crippen LogP contribution in [0.15, 0.2) is 77.7 Å². The predicted molar refractivity (Wildman–Crippen MR) is 147 cm³/mol. The molecule has 0 aromatic heterocycles. The van der Waals surface area contributed by atoms with E-state index >= 15 is 0 Å². The van der Waals surface area contributed by atoms with E-state index in [1.807, 2.05) is 62.4 Å². The van der Waals surface area contributed by atoms with Crippen LogP contribution in [0.4, 0.5) is 0 Å². The van der Waals surface area contributed by atoms with Crippen molar-refractivity contribution in [2.75, 3.05) is 13.2 Å². The Morgan fingerprint density at radius 2 is 1.78 bits per heavy atom. The third-order valence-corrected chi connectivity index (χ3v) is 6.68. The number of amides is 2. The summed E-state index contributed by atoms with van der Waals surface area (Å²) in [6.07, 6.45) is 2.51. The summed E-state index contributed by atoms with van der Waals surface area (Å²) in [6.45, 7) is 4.84. The maximum Gasteiger partial charge on any atom is 0.285 e. The van der Waals surface area contributed by atoms with Crippen LogP contribution in [0.2, 0.25) is 0 Å². The third-order valence-electron chi connectivity index (χ3n) is 5.38. The van der Waals surface area contributed by atoms with E-state index in [1.165, 1.54) is 5.56 Å². The summed E-state index contributed by atoms with van der Waals surface area (Å²) in [7, 11) is 0. The first-order chi connectivity index (χ1) is 17.4. The molecule has 0 aliphatic carbocycles. The van der Waals surface area contributed by atoms with Crippen LogP contribution in [0.1, 0.15) is 34.0 Å². The number of aryl methyl sites for hydroxylation is 1. The second-order valence-electron chi connectivity index (χ2n) is 8.05. The van der Waals surface area contributed by atoms with Gasteiger partial charge in [-0.1, -0.05) is 65.9 Å². The fourth-order valence-corrected chi connectivity index (χ4v) is 4.69. The fourth-order valence-electron chi connectivity index (χ4n) is 3.51. The number of hydrogen-bond donors (Lipinski definition) is 1. The highest BCUT2D eigenvalue weighted by Gasteiger charge is 2.33. The standard InChI is InChI=1S/C28H26N2O4S2/c1-3-33-24-17-21(11-14-23(24)34-16-15-20-7-5-4-6-8-20)18-25-27(32)30(28(35)36-25)29-26(31)22-12-9-19(2)10-13-22/h4-14,17-18H,3,15-16H2,1-2H3,(H,29,31)/b25-18-. The molecular weight excluding hydrogens is 492 g/mol. The van der Waals surface area contributed by atoms with E-state index in [9.17, 15) is 9.59 Å². The summed E-state index contributed by atoms with van der Waals surface area (Å²) in [5.74, 6) is 0.458. The highest BCUT2D eigenvalue weighted by molar-refractivity contribution is 8.26. The zero-order valence-corrected chi connectivity index (χ0v) is 21.7. The van der Waals surface area contributed by atoms with Gasteiger partial charge in [0.25, 0.3) is 11.8 Å². The first kappa shape index (κ1) is 25.5. The number of nitrogens with zero attached hydrogens (tertiary/aromatic N) is 1. The average Bonchev–Trinajstić information content (AvgIpc) is 3.13. The fraction of sp³-hybridized carbons (Fsp3) is 0.179. The van der Waals surface area contributed by atoms with E-state index in [0.717, 1.165) is 34.3 Å². The summed E-state index contributed by atoms with van der Waals surface area (Å²) in [4.78, 5) is 26.0. The van der Waals surface area contributed by atoms with Gasteiger partial charge in [0.2, 0.25) is 0 Å². The van der Waals surface area contributed by atoms with Gasteiger partial charge in [-0.2, -0.15) is 5.01 Å². The van der Waals surface area contributed by atoms with Gasteiger partial charge >= 0.3 is 0 Å². The molecular formula is C28H26N2O4S2. The van der Waals surface area contributed by atoms with Crippen LogP contribution in [0.3, 0.4) is 0 Å². The van der Waals surface area contributed by atoms with E-state index in [0.29, 0.717) is 35.2 Å². The zero-order valence-electron chi connectivity index (χ0n) is 20.0. The highest BCUT2D eigenvalue weighted by atomic mass is 32.2. The highest BCUT2D eigenvalue weighted by Crippen LogP contribution is 2.34. The molecule has 2 amide bonds. The zero-order chi connectivity index (χ0) is 25.5. The van der Waals surface area contributed by atoms with Gasteiger partial charge in [0, 0.05) is 12.0 Å². The lowest BCUT2D eigenvalue weighted by atomic mass is 10.1. The van der Waals surface area contributed by atoms with Crippen LogP contribution in [-0.4, -0.2) is 34.4 Å². The Kier molecular flexibility index (Phi) is 8.40. The van der Waals surface area contributed by atoms with Crippen LogP contribution in [0, 0.1) is 6.92 Å².